The molecule has 0 atom stereocenters. The maximum absolute atomic E-state index is 12.0. The predicted molar refractivity (Wildman–Crippen MR) is 70.5 cm³/mol. The molecule has 98 valence electrons. The Morgan fingerprint density at radius 2 is 2.11 bits per heavy atom. The summed E-state index contributed by atoms with van der Waals surface area (Å²) in [5.41, 5.74) is -0.0381. The lowest BCUT2D eigenvalue weighted by Gasteiger charge is -2.19. The summed E-state index contributed by atoms with van der Waals surface area (Å²) in [6, 6.07) is 4.61. The average molecular weight is 259 g/mol. The summed E-state index contributed by atoms with van der Waals surface area (Å²) in [7, 11) is 0. The van der Waals surface area contributed by atoms with Gasteiger partial charge in [0.2, 0.25) is 0 Å². The molecule has 0 unspecified atom stereocenters. The van der Waals surface area contributed by atoms with E-state index in [1.54, 1.807) is 32.9 Å². The lowest BCUT2D eigenvalue weighted by atomic mass is 10.2. The van der Waals surface area contributed by atoms with Gasteiger partial charge in [0, 0.05) is 0 Å². The summed E-state index contributed by atoms with van der Waals surface area (Å²) in [5, 5.41) is 0. The molecule has 2 rings (SSSR count). The van der Waals surface area contributed by atoms with Gasteiger partial charge in [0.1, 0.15) is 5.60 Å². The molecule has 1 aromatic carbocycles. The second-order valence-corrected chi connectivity index (χ2v) is 5.06. The van der Waals surface area contributed by atoms with Crippen LogP contribution in [0, 0.1) is 6.57 Å². The standard InChI is InChI=1S/C13H13N3O3/c1-13(2,3)19-12(18)16-10-6-5-8(14-4)7-9(10)15-11(16)17/h5-7H,1-3H3,(H,15,17). The molecule has 0 fully saturated rings. The van der Waals surface area contributed by atoms with Crippen LogP contribution in [0.3, 0.4) is 0 Å². The van der Waals surface area contributed by atoms with E-state index in [1.165, 1.54) is 6.07 Å². The first-order valence-corrected chi connectivity index (χ1v) is 5.67. The van der Waals surface area contributed by atoms with E-state index in [9.17, 15) is 9.59 Å². The fourth-order valence-electron chi connectivity index (χ4n) is 1.66. The Balaban J connectivity index is 2.56. The van der Waals surface area contributed by atoms with Gasteiger partial charge in [0.05, 0.1) is 17.6 Å². The smallest absolute Gasteiger partial charge is 0.423 e. The van der Waals surface area contributed by atoms with E-state index in [0.717, 1.165) is 4.57 Å². The average Bonchev–Trinajstić information content (AvgIpc) is 2.61. The van der Waals surface area contributed by atoms with Crippen LogP contribution in [0.25, 0.3) is 15.9 Å². The molecule has 0 aliphatic rings. The molecule has 1 heterocycles. The van der Waals surface area contributed by atoms with Crippen molar-refractivity contribution in [3.05, 3.63) is 40.1 Å². The summed E-state index contributed by atoms with van der Waals surface area (Å²) in [5.74, 6) is 0. The lowest BCUT2D eigenvalue weighted by molar-refractivity contribution is 0.0538. The summed E-state index contributed by atoms with van der Waals surface area (Å²) >= 11 is 0. The highest BCUT2D eigenvalue weighted by molar-refractivity contribution is 5.88. The maximum atomic E-state index is 12.0. The molecule has 0 bridgehead atoms. The number of hydrogen-bond acceptors (Lipinski definition) is 3. The third kappa shape index (κ3) is 2.50. The zero-order chi connectivity index (χ0) is 14.2. The number of fused-ring (bicyclic) bond motifs is 1. The number of nitrogens with zero attached hydrogens (tertiary/aromatic N) is 2. The molecule has 6 heteroatoms. The number of imidazole rings is 1. The zero-order valence-corrected chi connectivity index (χ0v) is 10.9. The van der Waals surface area contributed by atoms with Gasteiger partial charge in [-0.15, -0.1) is 0 Å². The summed E-state index contributed by atoms with van der Waals surface area (Å²) in [6.45, 7) is 12.1. The number of H-pyrrole nitrogens is 1. The van der Waals surface area contributed by atoms with Crippen LogP contribution in [-0.4, -0.2) is 21.2 Å². The van der Waals surface area contributed by atoms with Crippen LogP contribution >= 0.6 is 0 Å². The van der Waals surface area contributed by atoms with Crippen molar-refractivity contribution < 1.29 is 9.53 Å². The van der Waals surface area contributed by atoms with Gasteiger partial charge in [-0.3, -0.25) is 0 Å². The Bertz CT molecular complexity index is 741. The van der Waals surface area contributed by atoms with E-state index >= 15 is 0 Å². The second-order valence-electron chi connectivity index (χ2n) is 5.06. The summed E-state index contributed by atoms with van der Waals surface area (Å²) < 4.78 is 6.10. The Morgan fingerprint density at radius 3 is 2.68 bits per heavy atom. The number of benzene rings is 1. The van der Waals surface area contributed by atoms with E-state index < -0.39 is 17.4 Å². The SMILES string of the molecule is [C-]#[N+]c1ccc2c(c1)[nH]c(=O)n2C(=O)OC(C)(C)C. The molecule has 0 saturated heterocycles. The van der Waals surface area contributed by atoms with Crippen molar-refractivity contribution in [3.63, 3.8) is 0 Å². The Kier molecular flexibility index (Phi) is 2.91. The van der Waals surface area contributed by atoms with Crippen molar-refractivity contribution in [3.8, 4) is 0 Å². The van der Waals surface area contributed by atoms with Crippen LogP contribution in [0.1, 0.15) is 20.8 Å². The van der Waals surface area contributed by atoms with Crippen molar-refractivity contribution >= 4 is 22.8 Å². The fraction of sp³-hybridized carbons (Fsp3) is 0.308. The van der Waals surface area contributed by atoms with Crippen LogP contribution in [-0.2, 0) is 4.74 Å². The molecule has 0 spiro atoms. The van der Waals surface area contributed by atoms with Crippen LogP contribution < -0.4 is 5.69 Å². The number of carbonyl (C=O) groups is 1. The van der Waals surface area contributed by atoms with Crippen LogP contribution in [0.4, 0.5) is 10.5 Å². The highest BCUT2D eigenvalue weighted by Crippen LogP contribution is 2.19. The van der Waals surface area contributed by atoms with Gasteiger partial charge >= 0.3 is 11.8 Å². The molecule has 19 heavy (non-hydrogen) atoms. The van der Waals surface area contributed by atoms with Gasteiger partial charge in [-0.2, -0.15) is 4.57 Å². The predicted octanol–water partition coefficient (Wildman–Crippen LogP) is 2.66. The minimum absolute atomic E-state index is 0.394. The van der Waals surface area contributed by atoms with Crippen LogP contribution in [0.5, 0.6) is 0 Å². The van der Waals surface area contributed by atoms with Crippen molar-refractivity contribution in [2.45, 2.75) is 26.4 Å². The van der Waals surface area contributed by atoms with Gasteiger partial charge in [-0.25, -0.2) is 14.4 Å². The molecule has 2 aromatic rings. The molecule has 0 saturated carbocycles. The van der Waals surface area contributed by atoms with Crippen LogP contribution in [0.15, 0.2) is 23.0 Å². The number of aromatic nitrogens is 2. The number of nitrogens with one attached hydrogen (secondary N) is 1. The molecule has 6 nitrogen and oxygen atoms in total. The quantitative estimate of drug-likeness (QED) is 0.739. The maximum Gasteiger partial charge on any atom is 0.423 e. The lowest BCUT2D eigenvalue weighted by Crippen LogP contribution is -2.32. The number of hydrogen-bond donors (Lipinski definition) is 1. The normalized spacial score (nSPS) is 11.3. The zero-order valence-electron chi connectivity index (χ0n) is 10.9. The van der Waals surface area contributed by atoms with Gasteiger partial charge in [-0.1, -0.05) is 6.07 Å². The van der Waals surface area contributed by atoms with E-state index in [0.29, 0.717) is 16.7 Å². The van der Waals surface area contributed by atoms with E-state index in [2.05, 4.69) is 9.83 Å². The monoisotopic (exact) mass is 259 g/mol. The first kappa shape index (κ1) is 12.9. The summed E-state index contributed by atoms with van der Waals surface area (Å²) in [4.78, 5) is 29.6. The highest BCUT2D eigenvalue weighted by atomic mass is 16.6. The van der Waals surface area contributed by atoms with E-state index in [4.69, 9.17) is 11.3 Å². The van der Waals surface area contributed by atoms with Gasteiger partial charge in [0.25, 0.3) is 0 Å². The molecule has 0 radical (unpaired) electrons. The van der Waals surface area contributed by atoms with Crippen LogP contribution in [0.2, 0.25) is 0 Å². The number of aromatic amines is 1. The molecule has 0 amide bonds. The van der Waals surface area contributed by atoms with Crippen molar-refractivity contribution in [2.75, 3.05) is 0 Å². The third-order valence-corrected chi connectivity index (χ3v) is 2.37. The van der Waals surface area contributed by atoms with Gasteiger partial charge < -0.3 is 9.72 Å². The Morgan fingerprint density at radius 1 is 1.42 bits per heavy atom. The first-order valence-electron chi connectivity index (χ1n) is 5.67. The molecular weight excluding hydrogens is 246 g/mol. The third-order valence-electron chi connectivity index (χ3n) is 2.37. The van der Waals surface area contributed by atoms with Crippen molar-refractivity contribution in [1.29, 1.82) is 0 Å². The number of carbonyl (C=O) groups excluding carboxylic acids is 1. The van der Waals surface area contributed by atoms with E-state index in [-0.39, 0.29) is 0 Å². The number of ether oxygens (including phenoxy) is 1. The molecule has 0 aliphatic carbocycles. The second kappa shape index (κ2) is 4.28. The Hall–Kier alpha value is -2.55. The highest BCUT2D eigenvalue weighted by Gasteiger charge is 2.21. The summed E-state index contributed by atoms with van der Waals surface area (Å²) in [6.07, 6.45) is -0.737. The number of rotatable bonds is 0. The molecule has 1 aromatic heterocycles. The molecule has 0 aliphatic heterocycles. The van der Waals surface area contributed by atoms with Crippen molar-refractivity contribution in [1.82, 2.24) is 9.55 Å². The van der Waals surface area contributed by atoms with Gasteiger partial charge in [0.15, 0.2) is 5.69 Å². The topological polar surface area (TPSA) is 68.5 Å². The minimum atomic E-state index is -0.737. The minimum Gasteiger partial charge on any atom is -0.443 e. The largest absolute Gasteiger partial charge is 0.443 e. The van der Waals surface area contributed by atoms with E-state index in [1.807, 2.05) is 0 Å². The van der Waals surface area contributed by atoms with Crippen molar-refractivity contribution in [2.24, 2.45) is 0 Å². The van der Waals surface area contributed by atoms with Gasteiger partial charge in [-0.05, 0) is 32.9 Å². The molecule has 1 N–H and O–H groups in total. The Labute approximate surface area is 109 Å². The molecular formula is C13H13N3O3. The fourth-order valence-corrected chi connectivity index (χ4v) is 1.66. The first-order chi connectivity index (χ1) is 8.81.